The molecule has 3 fully saturated rings. The number of nitrogens with one attached hydrogen (secondary N) is 1. The summed E-state index contributed by atoms with van der Waals surface area (Å²) in [5.41, 5.74) is -0.798. The van der Waals surface area contributed by atoms with Gasteiger partial charge in [-0.1, -0.05) is 76.2 Å². The van der Waals surface area contributed by atoms with Crippen LogP contribution in [-0.4, -0.2) is 114 Å². The second-order valence-electron chi connectivity index (χ2n) is 18.1. The lowest BCUT2D eigenvalue weighted by atomic mass is 9.73. The van der Waals surface area contributed by atoms with Gasteiger partial charge in [-0.05, 0) is 90.9 Å². The fourth-order valence-corrected chi connectivity index (χ4v) is 9.61. The normalized spacial score (nSPS) is 34.6. The van der Waals surface area contributed by atoms with Crippen molar-refractivity contribution in [3.8, 4) is 0 Å². The number of amides is 1. The first-order chi connectivity index (χ1) is 29.9. The van der Waals surface area contributed by atoms with Crippen LogP contribution in [0.5, 0.6) is 0 Å². The van der Waals surface area contributed by atoms with Crippen LogP contribution in [0.4, 0.5) is 4.79 Å². The van der Waals surface area contributed by atoms with Crippen molar-refractivity contribution in [2.45, 2.75) is 129 Å². The number of nitrogens with zero attached hydrogens (tertiary/aromatic N) is 2. The summed E-state index contributed by atoms with van der Waals surface area (Å²) in [6.07, 6.45) is 0.842. The molecule has 3 aliphatic rings. The van der Waals surface area contributed by atoms with Gasteiger partial charge in [0.2, 0.25) is 0 Å². The number of Topliss-reactive ketones (excluding diaryl/α,β-unsaturated/α-hetero) is 2. The number of benzene rings is 2. The molecule has 0 radical (unpaired) electrons. The van der Waals surface area contributed by atoms with Gasteiger partial charge in [0.15, 0.2) is 23.8 Å². The van der Waals surface area contributed by atoms with E-state index in [-0.39, 0.29) is 37.4 Å². The molecular formula is C49H63N3O11. The van der Waals surface area contributed by atoms with Crippen LogP contribution < -0.4 is 5.32 Å². The molecule has 1 aromatic heterocycles. The summed E-state index contributed by atoms with van der Waals surface area (Å²) in [6.45, 7) is 13.8. The molecule has 0 saturated carbocycles. The molecule has 14 heteroatoms. The molecule has 3 aliphatic heterocycles. The number of likely N-dealkylation sites (N-methyl/N-ethyl adjacent to an activating group) is 1. The summed E-state index contributed by atoms with van der Waals surface area (Å²) < 4.78 is 38.5. The first kappa shape index (κ1) is 47.5. The number of carbonyl (C=O) groups is 5. The molecule has 6 rings (SSSR count). The van der Waals surface area contributed by atoms with Crippen LogP contribution in [0, 0.1) is 23.7 Å². The number of carbonyl (C=O) groups excluding carboxylic acids is 5. The van der Waals surface area contributed by atoms with Crippen molar-refractivity contribution in [1.82, 2.24) is 15.2 Å². The lowest BCUT2D eigenvalue weighted by molar-refractivity contribution is -0.296. The number of para-hydroxylation sites is 1. The van der Waals surface area contributed by atoms with Gasteiger partial charge in [0.05, 0.1) is 47.6 Å². The summed E-state index contributed by atoms with van der Waals surface area (Å²) in [5, 5.41) is 3.78. The molecule has 340 valence electrons. The van der Waals surface area contributed by atoms with Gasteiger partial charge in [-0.3, -0.25) is 19.4 Å². The Morgan fingerprint density at radius 2 is 1.65 bits per heavy atom. The summed E-state index contributed by atoms with van der Waals surface area (Å²) >= 11 is 0. The number of hydrogen-bond acceptors (Lipinski definition) is 13. The zero-order valence-electron chi connectivity index (χ0n) is 38.1. The van der Waals surface area contributed by atoms with Crippen LogP contribution in [0.1, 0.15) is 90.6 Å². The van der Waals surface area contributed by atoms with E-state index < -0.39 is 89.3 Å². The predicted octanol–water partition coefficient (Wildman–Crippen LogP) is 6.97. The van der Waals surface area contributed by atoms with E-state index in [0.717, 1.165) is 16.5 Å². The number of pyridine rings is 1. The fourth-order valence-electron chi connectivity index (χ4n) is 9.61. The zero-order chi connectivity index (χ0) is 45.8. The summed E-state index contributed by atoms with van der Waals surface area (Å²) in [4.78, 5) is 76.6. The van der Waals surface area contributed by atoms with E-state index in [1.54, 1.807) is 78.1 Å². The van der Waals surface area contributed by atoms with Gasteiger partial charge < -0.3 is 38.6 Å². The van der Waals surface area contributed by atoms with Crippen molar-refractivity contribution in [2.24, 2.45) is 23.7 Å². The summed E-state index contributed by atoms with van der Waals surface area (Å²) in [5.74, 6) is -5.97. The Hall–Kier alpha value is -5.02. The van der Waals surface area contributed by atoms with Gasteiger partial charge in [0, 0.05) is 29.3 Å². The Bertz CT molecular complexity index is 2160. The second-order valence-corrected chi connectivity index (χ2v) is 18.1. The van der Waals surface area contributed by atoms with E-state index in [9.17, 15) is 24.0 Å². The SMILES string of the molecule is CC[C@@H]1OC(=O)[C@H](C)C(=O)[C@H](C)[C@@H](O[C@@H]2O[C@H](C)C[C@H](N(C)C)[C@H]2OC(=O)c2ccccc2)[C@@](C)(OC/C=C/c2cnc3ccccc3c2)C[C@@H](C)C(=O)[C@@H](C)[C@H]2NC(=O)O[C@]12C. The van der Waals surface area contributed by atoms with E-state index in [4.69, 9.17) is 28.4 Å². The maximum Gasteiger partial charge on any atom is 0.408 e. The van der Waals surface area contributed by atoms with Crippen molar-refractivity contribution in [2.75, 3.05) is 20.7 Å². The maximum atomic E-state index is 14.8. The molecule has 1 amide bonds. The molecule has 3 saturated heterocycles. The molecule has 1 N–H and O–H groups in total. The van der Waals surface area contributed by atoms with Crippen molar-refractivity contribution in [3.63, 3.8) is 0 Å². The van der Waals surface area contributed by atoms with E-state index in [0.29, 0.717) is 12.0 Å². The van der Waals surface area contributed by atoms with Gasteiger partial charge in [0.1, 0.15) is 17.8 Å². The minimum absolute atomic E-state index is 0.0234. The topological polar surface area (TPSA) is 169 Å². The van der Waals surface area contributed by atoms with Gasteiger partial charge in [-0.2, -0.15) is 0 Å². The van der Waals surface area contributed by atoms with Crippen molar-refractivity contribution < 1.29 is 52.4 Å². The third kappa shape index (κ3) is 10.4. The van der Waals surface area contributed by atoms with Gasteiger partial charge in [0.25, 0.3) is 0 Å². The van der Waals surface area contributed by atoms with Gasteiger partial charge in [-0.15, -0.1) is 0 Å². The number of ketones is 2. The van der Waals surface area contributed by atoms with Crippen molar-refractivity contribution in [1.29, 1.82) is 0 Å². The fraction of sp³-hybridized carbons (Fsp3) is 0.551. The number of fused-ring (bicyclic) bond motifs is 2. The molecule has 14 nitrogen and oxygen atoms in total. The molecule has 0 bridgehead atoms. The third-order valence-electron chi connectivity index (χ3n) is 13.1. The first-order valence-corrected chi connectivity index (χ1v) is 22.0. The highest BCUT2D eigenvalue weighted by atomic mass is 16.7. The van der Waals surface area contributed by atoms with Crippen LogP contribution in [0.3, 0.4) is 0 Å². The Balaban J connectivity index is 1.43. The molecule has 4 heterocycles. The lowest BCUT2D eigenvalue weighted by Gasteiger charge is -2.48. The second kappa shape index (κ2) is 19.8. The molecule has 3 aromatic rings. The largest absolute Gasteiger partial charge is 0.458 e. The molecule has 0 unspecified atom stereocenters. The summed E-state index contributed by atoms with van der Waals surface area (Å²) in [7, 11) is 3.77. The molecule has 0 aliphatic carbocycles. The first-order valence-electron chi connectivity index (χ1n) is 22.0. The molecule has 0 spiro atoms. The average Bonchev–Trinajstić information content (AvgIpc) is 3.58. The standard InChI is InChI=1S/C49H63N3O11/c1-11-38-49(8)42(51-47(57)63-49)30(4)39(53)28(2)26-48(7,58-23-17-18-33-25-35-21-15-16-22-36(35)50-27-33)43(31(5)40(54)32(6)44(55)60-38)62-46-41(37(52(9)10)24-29(3)59-46)61-45(56)34-19-13-12-14-20-34/h12-22,25,27-32,37-38,41-43,46H,11,23-24,26H2,1-10H3,(H,51,57)/b18-17+/t28-,29-,30-,31+,32-,37+,38+,41-,42-,43-,46+,48+,49-/m1/s1. The van der Waals surface area contributed by atoms with E-state index in [1.807, 2.05) is 68.4 Å². The van der Waals surface area contributed by atoms with Gasteiger partial charge >= 0.3 is 18.0 Å². The highest BCUT2D eigenvalue weighted by Crippen LogP contribution is 2.41. The lowest BCUT2D eigenvalue weighted by Crippen LogP contribution is -2.61. The molecule has 2 aromatic carbocycles. The van der Waals surface area contributed by atoms with E-state index >= 15 is 0 Å². The van der Waals surface area contributed by atoms with Crippen molar-refractivity contribution in [3.05, 3.63) is 84.1 Å². The zero-order valence-corrected chi connectivity index (χ0v) is 38.1. The smallest absolute Gasteiger partial charge is 0.408 e. The third-order valence-corrected chi connectivity index (χ3v) is 13.1. The number of rotatable bonds is 10. The quantitative estimate of drug-likeness (QED) is 0.126. The Morgan fingerprint density at radius 3 is 2.35 bits per heavy atom. The number of esters is 2. The molecule has 13 atom stereocenters. The monoisotopic (exact) mass is 869 g/mol. The minimum atomic E-state index is -1.43. The number of aromatic nitrogens is 1. The number of cyclic esters (lactones) is 1. The van der Waals surface area contributed by atoms with Crippen LogP contribution in [-0.2, 0) is 42.8 Å². The minimum Gasteiger partial charge on any atom is -0.458 e. The van der Waals surface area contributed by atoms with Crippen LogP contribution in [0.2, 0.25) is 0 Å². The Morgan fingerprint density at radius 1 is 0.952 bits per heavy atom. The van der Waals surface area contributed by atoms with E-state index in [1.165, 1.54) is 6.92 Å². The molecular weight excluding hydrogens is 807 g/mol. The Labute approximate surface area is 370 Å². The molecule has 63 heavy (non-hydrogen) atoms. The highest BCUT2D eigenvalue weighted by molar-refractivity contribution is 6.00. The summed E-state index contributed by atoms with van der Waals surface area (Å²) in [6, 6.07) is 17.2. The number of alkyl carbamates (subject to hydrolysis) is 1. The van der Waals surface area contributed by atoms with Gasteiger partial charge in [-0.25, -0.2) is 9.59 Å². The average molecular weight is 870 g/mol. The highest BCUT2D eigenvalue weighted by Gasteiger charge is 2.57. The van der Waals surface area contributed by atoms with Crippen LogP contribution in [0.15, 0.2) is 72.9 Å². The van der Waals surface area contributed by atoms with Crippen LogP contribution >= 0.6 is 0 Å². The predicted molar refractivity (Wildman–Crippen MR) is 235 cm³/mol. The van der Waals surface area contributed by atoms with E-state index in [2.05, 4.69) is 10.3 Å². The number of hydrogen-bond donors (Lipinski definition) is 1. The van der Waals surface area contributed by atoms with Crippen molar-refractivity contribution >= 4 is 46.6 Å². The number of ether oxygens (including phenoxy) is 6. The Kier molecular flexibility index (Phi) is 14.9. The van der Waals surface area contributed by atoms with Crippen LogP contribution in [0.25, 0.3) is 17.0 Å². The maximum absolute atomic E-state index is 14.8.